The van der Waals surface area contributed by atoms with Crippen molar-refractivity contribution >= 4 is 17.9 Å². The number of aldehydes is 1. The van der Waals surface area contributed by atoms with Crippen LogP contribution in [0.1, 0.15) is 53.9 Å². The molecule has 1 nitrogen and oxygen atoms in total. The summed E-state index contributed by atoms with van der Waals surface area (Å²) in [6.45, 7) is 0. The molecule has 108 valence electrons. The third-order valence-corrected chi connectivity index (χ3v) is 4.68. The highest BCUT2D eigenvalue weighted by atomic mass is 35.5. The number of carbonyl (C=O) groups is 1. The van der Waals surface area contributed by atoms with E-state index in [1.54, 1.807) is 12.1 Å². The maximum absolute atomic E-state index is 11.2. The molecule has 2 aromatic carbocycles. The average Bonchev–Trinajstić information content (AvgIpc) is 2.56. The van der Waals surface area contributed by atoms with Gasteiger partial charge in [-0.3, -0.25) is 4.79 Å². The molecule has 0 N–H and O–H groups in total. The van der Waals surface area contributed by atoms with Crippen molar-refractivity contribution in [3.63, 3.8) is 0 Å². The second kappa shape index (κ2) is 6.44. The van der Waals surface area contributed by atoms with Crippen molar-refractivity contribution in [1.29, 1.82) is 0 Å². The third kappa shape index (κ3) is 3.19. The summed E-state index contributed by atoms with van der Waals surface area (Å²) in [6.07, 6.45) is 7.55. The molecule has 0 unspecified atom stereocenters. The van der Waals surface area contributed by atoms with Crippen LogP contribution in [0, 0.1) is 0 Å². The lowest BCUT2D eigenvalue weighted by atomic mass is 9.83. The topological polar surface area (TPSA) is 17.1 Å². The zero-order valence-electron chi connectivity index (χ0n) is 12.0. The number of benzene rings is 2. The van der Waals surface area contributed by atoms with E-state index in [0.717, 1.165) is 17.4 Å². The number of carbonyl (C=O) groups excluding carboxylic acids is 1. The molecule has 1 saturated carbocycles. The fraction of sp³-hybridized carbons (Fsp3) is 0.316. The van der Waals surface area contributed by atoms with Gasteiger partial charge in [0.05, 0.1) is 0 Å². The van der Waals surface area contributed by atoms with Gasteiger partial charge in [0.25, 0.3) is 0 Å². The molecular formula is C19H19ClO. The highest BCUT2D eigenvalue weighted by Crippen LogP contribution is 2.34. The molecule has 0 saturated heterocycles. The smallest absolute Gasteiger partial charge is 0.150 e. The SMILES string of the molecule is O=Cc1ccc(Cl)cc1-c1ccc(C2CCCCC2)cc1. The summed E-state index contributed by atoms with van der Waals surface area (Å²) in [4.78, 5) is 11.2. The second-order valence-corrected chi connectivity index (χ2v) is 6.24. The fourth-order valence-corrected chi connectivity index (χ4v) is 3.42. The van der Waals surface area contributed by atoms with E-state index in [9.17, 15) is 4.79 Å². The van der Waals surface area contributed by atoms with Crippen LogP contribution < -0.4 is 0 Å². The van der Waals surface area contributed by atoms with Crippen molar-refractivity contribution in [1.82, 2.24) is 0 Å². The summed E-state index contributed by atoms with van der Waals surface area (Å²) in [5, 5.41) is 0.659. The zero-order valence-corrected chi connectivity index (χ0v) is 12.8. The largest absolute Gasteiger partial charge is 0.298 e. The molecule has 0 aromatic heterocycles. The van der Waals surface area contributed by atoms with Crippen molar-refractivity contribution in [3.05, 3.63) is 58.6 Å². The van der Waals surface area contributed by atoms with Gasteiger partial charge >= 0.3 is 0 Å². The maximum atomic E-state index is 11.2. The molecule has 0 aliphatic heterocycles. The van der Waals surface area contributed by atoms with Crippen LogP contribution in [0.4, 0.5) is 0 Å². The second-order valence-electron chi connectivity index (χ2n) is 5.81. The Morgan fingerprint density at radius 1 is 0.952 bits per heavy atom. The lowest BCUT2D eigenvalue weighted by Gasteiger charge is -2.22. The Labute approximate surface area is 131 Å². The van der Waals surface area contributed by atoms with E-state index in [1.165, 1.54) is 37.7 Å². The molecule has 1 aliphatic carbocycles. The molecule has 0 amide bonds. The monoisotopic (exact) mass is 298 g/mol. The van der Waals surface area contributed by atoms with Crippen molar-refractivity contribution in [2.75, 3.05) is 0 Å². The summed E-state index contributed by atoms with van der Waals surface area (Å²) in [5.74, 6) is 0.706. The quantitative estimate of drug-likeness (QED) is 0.648. The lowest BCUT2D eigenvalue weighted by Crippen LogP contribution is -2.04. The van der Waals surface area contributed by atoms with E-state index in [2.05, 4.69) is 24.3 Å². The molecule has 3 rings (SSSR count). The molecule has 0 radical (unpaired) electrons. The van der Waals surface area contributed by atoms with Gasteiger partial charge in [-0.15, -0.1) is 0 Å². The minimum atomic E-state index is 0.659. The van der Waals surface area contributed by atoms with Crippen molar-refractivity contribution in [2.45, 2.75) is 38.0 Å². The Morgan fingerprint density at radius 3 is 2.33 bits per heavy atom. The van der Waals surface area contributed by atoms with Gasteiger partial charge in [-0.25, -0.2) is 0 Å². The van der Waals surface area contributed by atoms with Crippen LogP contribution in [-0.4, -0.2) is 6.29 Å². The number of hydrogen-bond donors (Lipinski definition) is 0. The molecule has 0 heterocycles. The predicted octanol–water partition coefficient (Wildman–Crippen LogP) is 5.87. The van der Waals surface area contributed by atoms with Gasteiger partial charge in [-0.2, -0.15) is 0 Å². The average molecular weight is 299 g/mol. The predicted molar refractivity (Wildman–Crippen MR) is 88.1 cm³/mol. The van der Waals surface area contributed by atoms with Gasteiger partial charge in [0.2, 0.25) is 0 Å². The standard InChI is InChI=1S/C19H19ClO/c20-18-11-10-17(13-21)19(12-18)16-8-6-15(7-9-16)14-4-2-1-3-5-14/h6-14H,1-5H2. The fourth-order valence-electron chi connectivity index (χ4n) is 3.25. The van der Waals surface area contributed by atoms with Gasteiger partial charge in [-0.05, 0) is 53.6 Å². The van der Waals surface area contributed by atoms with Gasteiger partial charge in [0.1, 0.15) is 0 Å². The molecular weight excluding hydrogens is 280 g/mol. The number of rotatable bonds is 3. The van der Waals surface area contributed by atoms with Crippen molar-refractivity contribution in [2.24, 2.45) is 0 Å². The van der Waals surface area contributed by atoms with Crippen LogP contribution in [-0.2, 0) is 0 Å². The van der Waals surface area contributed by atoms with E-state index in [4.69, 9.17) is 11.6 Å². The summed E-state index contributed by atoms with van der Waals surface area (Å²) in [7, 11) is 0. The Morgan fingerprint density at radius 2 is 1.67 bits per heavy atom. The van der Waals surface area contributed by atoms with E-state index < -0.39 is 0 Å². The van der Waals surface area contributed by atoms with Crippen LogP contribution in [0.3, 0.4) is 0 Å². The van der Waals surface area contributed by atoms with Crippen molar-refractivity contribution < 1.29 is 4.79 Å². The first-order valence-electron chi connectivity index (χ1n) is 7.63. The lowest BCUT2D eigenvalue weighted by molar-refractivity contribution is 0.112. The first kappa shape index (κ1) is 14.3. The Hall–Kier alpha value is -1.60. The molecule has 21 heavy (non-hydrogen) atoms. The summed E-state index contributed by atoms with van der Waals surface area (Å²) < 4.78 is 0. The van der Waals surface area contributed by atoms with E-state index in [1.807, 2.05) is 6.07 Å². The van der Waals surface area contributed by atoms with Crippen LogP contribution >= 0.6 is 11.6 Å². The molecule has 2 aromatic rings. The van der Waals surface area contributed by atoms with Crippen LogP contribution in [0.15, 0.2) is 42.5 Å². The highest BCUT2D eigenvalue weighted by Gasteiger charge is 2.15. The van der Waals surface area contributed by atoms with Gasteiger partial charge < -0.3 is 0 Å². The molecule has 0 bridgehead atoms. The summed E-state index contributed by atoms with van der Waals surface area (Å²) in [6, 6.07) is 14.0. The Balaban J connectivity index is 1.90. The van der Waals surface area contributed by atoms with Crippen LogP contribution in [0.25, 0.3) is 11.1 Å². The minimum absolute atomic E-state index is 0.659. The first-order valence-corrected chi connectivity index (χ1v) is 8.01. The summed E-state index contributed by atoms with van der Waals surface area (Å²) >= 11 is 6.06. The van der Waals surface area contributed by atoms with Gasteiger partial charge in [0.15, 0.2) is 6.29 Å². The normalized spacial score (nSPS) is 15.9. The van der Waals surface area contributed by atoms with E-state index in [0.29, 0.717) is 16.5 Å². The number of halogens is 1. The molecule has 2 heteroatoms. The zero-order chi connectivity index (χ0) is 14.7. The molecule has 1 fully saturated rings. The molecule has 1 aliphatic rings. The van der Waals surface area contributed by atoms with Gasteiger partial charge in [-0.1, -0.05) is 55.1 Å². The highest BCUT2D eigenvalue weighted by molar-refractivity contribution is 6.31. The van der Waals surface area contributed by atoms with Crippen molar-refractivity contribution in [3.8, 4) is 11.1 Å². The van der Waals surface area contributed by atoms with E-state index in [-0.39, 0.29) is 0 Å². The number of hydrogen-bond acceptors (Lipinski definition) is 1. The van der Waals surface area contributed by atoms with Gasteiger partial charge in [0, 0.05) is 10.6 Å². The third-order valence-electron chi connectivity index (χ3n) is 4.44. The molecule has 0 spiro atoms. The summed E-state index contributed by atoms with van der Waals surface area (Å²) in [5.41, 5.74) is 4.07. The van der Waals surface area contributed by atoms with Crippen LogP contribution in [0.5, 0.6) is 0 Å². The maximum Gasteiger partial charge on any atom is 0.150 e. The molecule has 0 atom stereocenters. The van der Waals surface area contributed by atoms with Crippen LogP contribution in [0.2, 0.25) is 5.02 Å². The minimum Gasteiger partial charge on any atom is -0.298 e. The van der Waals surface area contributed by atoms with E-state index >= 15 is 0 Å². The first-order chi connectivity index (χ1) is 10.3. The Kier molecular flexibility index (Phi) is 4.40. The Bertz CT molecular complexity index is 625.